The molecule has 1 unspecified atom stereocenters. The van der Waals surface area contributed by atoms with E-state index in [1.54, 1.807) is 17.1 Å². The molecule has 8 nitrogen and oxygen atoms in total. The van der Waals surface area contributed by atoms with Crippen LogP contribution in [0.5, 0.6) is 0 Å². The Labute approximate surface area is 129 Å². The maximum absolute atomic E-state index is 12.5. The van der Waals surface area contributed by atoms with Gasteiger partial charge < -0.3 is 15.4 Å². The summed E-state index contributed by atoms with van der Waals surface area (Å²) in [6.45, 7) is 5.23. The lowest BCUT2D eigenvalue weighted by Gasteiger charge is -2.28. The highest BCUT2D eigenvalue weighted by Gasteiger charge is 2.36. The van der Waals surface area contributed by atoms with Crippen LogP contribution in [0.2, 0.25) is 0 Å². The lowest BCUT2D eigenvalue weighted by Crippen LogP contribution is -2.45. The number of urea groups is 1. The highest BCUT2D eigenvalue weighted by molar-refractivity contribution is 5.95. The number of rotatable bonds is 6. The predicted molar refractivity (Wildman–Crippen MR) is 79.3 cm³/mol. The second-order valence-corrected chi connectivity index (χ2v) is 5.05. The summed E-state index contributed by atoms with van der Waals surface area (Å²) in [4.78, 5) is 25.3. The number of hydrogen-bond acceptors (Lipinski definition) is 5. The molecule has 22 heavy (non-hydrogen) atoms. The third-order valence-corrected chi connectivity index (χ3v) is 3.49. The lowest BCUT2D eigenvalue weighted by atomic mass is 9.99. The van der Waals surface area contributed by atoms with E-state index in [9.17, 15) is 9.59 Å². The molecule has 8 heteroatoms. The van der Waals surface area contributed by atoms with Gasteiger partial charge in [0, 0.05) is 18.7 Å². The van der Waals surface area contributed by atoms with Crippen LogP contribution in [0, 0.1) is 0 Å². The van der Waals surface area contributed by atoms with Crippen LogP contribution >= 0.6 is 0 Å². The van der Waals surface area contributed by atoms with E-state index < -0.39 is 5.91 Å². The Kier molecular flexibility index (Phi) is 5.26. The van der Waals surface area contributed by atoms with Crippen LogP contribution in [0.3, 0.4) is 0 Å². The molecule has 3 amide bonds. The zero-order valence-corrected chi connectivity index (χ0v) is 12.9. The van der Waals surface area contributed by atoms with E-state index in [0.717, 1.165) is 6.42 Å². The minimum Gasteiger partial charge on any atom is -0.366 e. The quantitative estimate of drug-likeness (QED) is 0.595. The Balaban J connectivity index is 2.03. The number of amides is 3. The van der Waals surface area contributed by atoms with Crippen molar-refractivity contribution in [3.63, 3.8) is 0 Å². The van der Waals surface area contributed by atoms with E-state index in [-0.39, 0.29) is 18.8 Å². The molecule has 0 fully saturated rings. The summed E-state index contributed by atoms with van der Waals surface area (Å²) >= 11 is 0. The molecule has 120 valence electrons. The molecular formula is C14H21N5O3. The third kappa shape index (κ3) is 3.33. The predicted octanol–water partition coefficient (Wildman–Crippen LogP) is 1.56. The summed E-state index contributed by atoms with van der Waals surface area (Å²) in [5, 5.41) is 9.24. The van der Waals surface area contributed by atoms with Crippen molar-refractivity contribution in [1.82, 2.24) is 9.91 Å². The largest absolute Gasteiger partial charge is 0.366 e. The Morgan fingerprint density at radius 1 is 1.50 bits per heavy atom. The normalized spacial score (nSPS) is 19.5. The van der Waals surface area contributed by atoms with Gasteiger partial charge in [0.05, 0.1) is 5.70 Å². The molecule has 0 bridgehead atoms. The van der Waals surface area contributed by atoms with E-state index >= 15 is 0 Å². The van der Waals surface area contributed by atoms with Crippen molar-refractivity contribution in [3.8, 4) is 0 Å². The number of ether oxygens (including phenoxy) is 1. The van der Waals surface area contributed by atoms with E-state index in [4.69, 9.17) is 10.5 Å². The van der Waals surface area contributed by atoms with Gasteiger partial charge in [-0.25, -0.2) is 4.79 Å². The van der Waals surface area contributed by atoms with Gasteiger partial charge in [-0.1, -0.05) is 18.2 Å². The van der Waals surface area contributed by atoms with Crippen molar-refractivity contribution in [2.75, 3.05) is 19.9 Å². The van der Waals surface area contributed by atoms with Gasteiger partial charge in [-0.05, 0) is 25.8 Å². The molecule has 1 aliphatic heterocycles. The first-order chi connectivity index (χ1) is 10.6. The summed E-state index contributed by atoms with van der Waals surface area (Å²) in [5.41, 5.74) is 6.23. The Morgan fingerprint density at radius 2 is 2.27 bits per heavy atom. The minimum absolute atomic E-state index is 0.226. The van der Waals surface area contributed by atoms with Crippen LogP contribution < -0.4 is 5.73 Å². The third-order valence-electron chi connectivity index (χ3n) is 3.49. The lowest BCUT2D eigenvalue weighted by molar-refractivity contribution is -0.114. The fourth-order valence-corrected chi connectivity index (χ4v) is 2.25. The maximum atomic E-state index is 12.5. The van der Waals surface area contributed by atoms with Crippen molar-refractivity contribution in [2.45, 2.75) is 32.7 Å². The fraction of sp³-hybridized carbons (Fsp3) is 0.571. The summed E-state index contributed by atoms with van der Waals surface area (Å²) in [6.07, 6.45) is 4.65. The summed E-state index contributed by atoms with van der Waals surface area (Å²) in [6, 6.07) is -0.539. The highest BCUT2D eigenvalue weighted by Crippen LogP contribution is 2.30. The average Bonchev–Trinajstić information content (AvgIpc) is 2.94. The van der Waals surface area contributed by atoms with Crippen LogP contribution in [0.4, 0.5) is 4.79 Å². The molecule has 1 heterocycles. The van der Waals surface area contributed by atoms with Crippen molar-refractivity contribution < 1.29 is 14.3 Å². The molecular weight excluding hydrogens is 286 g/mol. The molecule has 1 aliphatic carbocycles. The van der Waals surface area contributed by atoms with E-state index in [1.807, 2.05) is 13.8 Å². The first-order valence-electron chi connectivity index (χ1n) is 7.37. The molecule has 2 rings (SSSR count). The number of nitrogens with two attached hydrogens (primary N) is 1. The molecule has 0 radical (unpaired) electrons. The van der Waals surface area contributed by atoms with Gasteiger partial charge in [0.15, 0.2) is 0 Å². The SMILES string of the molecule is CCCOCN(CC)C(=O)N1N=NC2=CC(C(N)=O)=CCC21. The second kappa shape index (κ2) is 7.17. The summed E-state index contributed by atoms with van der Waals surface area (Å²) in [7, 11) is 0. The monoisotopic (exact) mass is 307 g/mol. The number of hydrogen-bond donors (Lipinski definition) is 1. The zero-order chi connectivity index (χ0) is 16.1. The number of primary amides is 1. The Hall–Kier alpha value is -2.22. The molecule has 2 aliphatic rings. The van der Waals surface area contributed by atoms with Crippen LogP contribution in [-0.4, -0.2) is 47.8 Å². The number of nitrogens with zero attached hydrogens (tertiary/aromatic N) is 4. The zero-order valence-electron chi connectivity index (χ0n) is 12.9. The smallest absolute Gasteiger partial charge is 0.344 e. The van der Waals surface area contributed by atoms with Gasteiger partial charge in [0.25, 0.3) is 0 Å². The molecule has 0 aromatic carbocycles. The van der Waals surface area contributed by atoms with Gasteiger partial charge in [-0.15, -0.1) is 5.11 Å². The first kappa shape index (κ1) is 16.2. The molecule has 0 spiro atoms. The highest BCUT2D eigenvalue weighted by atomic mass is 16.5. The molecule has 2 N–H and O–H groups in total. The summed E-state index contributed by atoms with van der Waals surface area (Å²) < 4.78 is 5.42. The average molecular weight is 307 g/mol. The van der Waals surface area contributed by atoms with Crippen molar-refractivity contribution >= 4 is 11.9 Å². The van der Waals surface area contributed by atoms with Crippen LogP contribution in [0.15, 0.2) is 33.8 Å². The van der Waals surface area contributed by atoms with Crippen molar-refractivity contribution in [1.29, 1.82) is 0 Å². The molecule has 1 atom stereocenters. The molecule has 0 aromatic rings. The Bertz CT molecular complexity index is 541. The molecule has 0 saturated carbocycles. The Morgan fingerprint density at radius 3 is 2.91 bits per heavy atom. The first-order valence-corrected chi connectivity index (χ1v) is 7.37. The molecule has 0 aromatic heterocycles. The van der Waals surface area contributed by atoms with Crippen LogP contribution in [-0.2, 0) is 9.53 Å². The van der Waals surface area contributed by atoms with E-state index in [1.165, 1.54) is 5.01 Å². The van der Waals surface area contributed by atoms with Crippen molar-refractivity contribution in [3.05, 3.63) is 23.4 Å². The van der Waals surface area contributed by atoms with E-state index in [2.05, 4.69) is 10.3 Å². The topological polar surface area (TPSA) is 101 Å². The van der Waals surface area contributed by atoms with E-state index in [0.29, 0.717) is 30.8 Å². The van der Waals surface area contributed by atoms with Gasteiger partial charge in [0.2, 0.25) is 5.91 Å². The van der Waals surface area contributed by atoms with Gasteiger partial charge in [-0.2, -0.15) is 5.01 Å². The van der Waals surface area contributed by atoms with Gasteiger partial charge in [0.1, 0.15) is 12.8 Å². The van der Waals surface area contributed by atoms with Gasteiger partial charge in [-0.3, -0.25) is 4.79 Å². The van der Waals surface area contributed by atoms with Gasteiger partial charge >= 0.3 is 6.03 Å². The van der Waals surface area contributed by atoms with Crippen LogP contribution in [0.25, 0.3) is 0 Å². The maximum Gasteiger partial charge on any atom is 0.344 e. The molecule has 0 saturated heterocycles. The number of carbonyl (C=O) groups is 2. The van der Waals surface area contributed by atoms with Crippen molar-refractivity contribution in [2.24, 2.45) is 16.1 Å². The standard InChI is InChI=1S/C14H21N5O3/c1-3-7-22-9-18(4-2)14(21)19-12-6-5-10(13(15)20)8-11(12)16-17-19/h5,8,12H,3-4,6-7,9H2,1-2H3,(H2,15,20). The summed E-state index contributed by atoms with van der Waals surface area (Å²) in [5.74, 6) is -0.505. The van der Waals surface area contributed by atoms with Crippen LogP contribution in [0.1, 0.15) is 26.7 Å². The number of carbonyl (C=O) groups excluding carboxylic acids is 2. The number of fused-ring (bicyclic) bond motifs is 1. The second-order valence-electron chi connectivity index (χ2n) is 5.05. The fourth-order valence-electron chi connectivity index (χ4n) is 2.25. The minimum atomic E-state index is -0.505.